The number of aliphatic hydroxyl groups excluding tert-OH is 1. The predicted octanol–water partition coefficient (Wildman–Crippen LogP) is 1.90. The minimum atomic E-state index is 0.0116. The molecule has 0 aliphatic carbocycles. The fourth-order valence-corrected chi connectivity index (χ4v) is 2.40. The van der Waals surface area contributed by atoms with Crippen LogP contribution in [0.2, 0.25) is 0 Å². The van der Waals surface area contributed by atoms with Gasteiger partial charge in [-0.1, -0.05) is 30.3 Å². The zero-order chi connectivity index (χ0) is 15.2. The molecule has 1 heterocycles. The number of nitrogens with zero attached hydrogens (tertiary/aromatic N) is 2. The van der Waals surface area contributed by atoms with Crippen molar-refractivity contribution in [1.82, 2.24) is 9.88 Å². The second-order valence-electron chi connectivity index (χ2n) is 5.26. The van der Waals surface area contributed by atoms with Crippen molar-refractivity contribution in [3.63, 3.8) is 0 Å². The lowest BCUT2D eigenvalue weighted by atomic mass is 10.1. The van der Waals surface area contributed by atoms with Gasteiger partial charge in [-0.2, -0.15) is 5.26 Å². The summed E-state index contributed by atoms with van der Waals surface area (Å²) in [5, 5.41) is 21.9. The highest BCUT2D eigenvalue weighted by atomic mass is 16.3. The molecule has 0 saturated heterocycles. The first kappa shape index (κ1) is 15.3. The summed E-state index contributed by atoms with van der Waals surface area (Å²) >= 11 is 0. The van der Waals surface area contributed by atoms with E-state index in [2.05, 4.69) is 23.5 Å². The molecule has 4 nitrogen and oxygen atoms in total. The van der Waals surface area contributed by atoms with Crippen molar-refractivity contribution < 1.29 is 5.11 Å². The number of rotatable bonds is 6. The quantitative estimate of drug-likeness (QED) is 0.851. The van der Waals surface area contributed by atoms with E-state index in [9.17, 15) is 5.11 Å². The molecule has 0 fully saturated rings. The summed E-state index contributed by atoms with van der Waals surface area (Å²) in [4.78, 5) is 0. The second kappa shape index (κ2) is 7.07. The lowest BCUT2D eigenvalue weighted by molar-refractivity contribution is 0.240. The second-order valence-corrected chi connectivity index (χ2v) is 5.26. The summed E-state index contributed by atoms with van der Waals surface area (Å²) in [6.45, 7) is 2.74. The van der Waals surface area contributed by atoms with Crippen LogP contribution in [0.1, 0.15) is 22.5 Å². The van der Waals surface area contributed by atoms with Crippen LogP contribution < -0.4 is 5.32 Å². The van der Waals surface area contributed by atoms with Crippen LogP contribution in [0, 0.1) is 18.3 Å². The minimum Gasteiger partial charge on any atom is -0.395 e. The Labute approximate surface area is 125 Å². The number of hydrogen-bond acceptors (Lipinski definition) is 3. The van der Waals surface area contributed by atoms with Gasteiger partial charge in [0.2, 0.25) is 0 Å². The van der Waals surface area contributed by atoms with E-state index in [0.717, 1.165) is 17.7 Å². The van der Waals surface area contributed by atoms with Crippen LogP contribution >= 0.6 is 0 Å². The van der Waals surface area contributed by atoms with E-state index < -0.39 is 0 Å². The lowest BCUT2D eigenvalue weighted by Gasteiger charge is -2.16. The summed E-state index contributed by atoms with van der Waals surface area (Å²) in [5.74, 6) is 0. The fraction of sp³-hybridized carbons (Fsp3) is 0.353. The molecule has 0 aliphatic rings. The lowest BCUT2D eigenvalue weighted by Crippen LogP contribution is -2.34. The first-order valence-electron chi connectivity index (χ1n) is 7.09. The molecule has 0 radical (unpaired) electrons. The van der Waals surface area contributed by atoms with Crippen molar-refractivity contribution in [2.75, 3.05) is 6.61 Å². The maximum atomic E-state index is 9.52. The van der Waals surface area contributed by atoms with Gasteiger partial charge in [0, 0.05) is 25.3 Å². The van der Waals surface area contributed by atoms with Gasteiger partial charge < -0.3 is 15.0 Å². The summed E-state index contributed by atoms with van der Waals surface area (Å²) in [6, 6.07) is 14.2. The molecule has 2 aromatic rings. The number of nitrogens with one attached hydrogen (secondary N) is 1. The van der Waals surface area contributed by atoms with Crippen LogP contribution in [0.25, 0.3) is 0 Å². The summed E-state index contributed by atoms with van der Waals surface area (Å²) < 4.78 is 1.89. The third kappa shape index (κ3) is 3.72. The molecule has 1 atom stereocenters. The molecule has 1 aromatic carbocycles. The molecule has 2 N–H and O–H groups in total. The molecular formula is C17H21N3O. The topological polar surface area (TPSA) is 61.0 Å². The van der Waals surface area contributed by atoms with E-state index in [1.165, 1.54) is 5.56 Å². The van der Waals surface area contributed by atoms with Crippen molar-refractivity contribution in [2.24, 2.45) is 7.05 Å². The van der Waals surface area contributed by atoms with Crippen LogP contribution in [-0.4, -0.2) is 22.3 Å². The van der Waals surface area contributed by atoms with E-state index in [1.807, 2.05) is 42.8 Å². The highest BCUT2D eigenvalue weighted by molar-refractivity contribution is 5.34. The van der Waals surface area contributed by atoms with E-state index in [0.29, 0.717) is 12.2 Å². The average molecular weight is 283 g/mol. The molecule has 0 spiro atoms. The molecule has 1 aromatic heterocycles. The zero-order valence-electron chi connectivity index (χ0n) is 12.5. The summed E-state index contributed by atoms with van der Waals surface area (Å²) in [5.41, 5.74) is 4.04. The van der Waals surface area contributed by atoms with Gasteiger partial charge in [0.25, 0.3) is 0 Å². The average Bonchev–Trinajstić information content (AvgIpc) is 2.80. The van der Waals surface area contributed by atoms with Crippen molar-refractivity contribution in [3.05, 3.63) is 58.9 Å². The van der Waals surface area contributed by atoms with Gasteiger partial charge in [0.15, 0.2) is 0 Å². The Bertz CT molecular complexity index is 625. The van der Waals surface area contributed by atoms with Gasteiger partial charge in [0.1, 0.15) is 11.8 Å². The Kier molecular flexibility index (Phi) is 5.15. The van der Waals surface area contributed by atoms with Crippen LogP contribution in [0.3, 0.4) is 0 Å². The van der Waals surface area contributed by atoms with Gasteiger partial charge in [0.05, 0.1) is 6.61 Å². The molecule has 21 heavy (non-hydrogen) atoms. The maximum Gasteiger partial charge on any atom is 0.120 e. The Hall–Kier alpha value is -2.09. The highest BCUT2D eigenvalue weighted by Crippen LogP contribution is 2.13. The van der Waals surface area contributed by atoms with Crippen LogP contribution in [0.15, 0.2) is 36.4 Å². The number of hydrogen-bond donors (Lipinski definition) is 2. The minimum absolute atomic E-state index is 0.0116. The van der Waals surface area contributed by atoms with Crippen molar-refractivity contribution in [1.29, 1.82) is 5.26 Å². The molecule has 0 amide bonds. The van der Waals surface area contributed by atoms with Crippen molar-refractivity contribution in [2.45, 2.75) is 25.9 Å². The van der Waals surface area contributed by atoms with Crippen LogP contribution in [0.5, 0.6) is 0 Å². The molecule has 0 aliphatic heterocycles. The number of aromatic nitrogens is 1. The Balaban J connectivity index is 1.99. The van der Waals surface area contributed by atoms with E-state index in [1.54, 1.807) is 0 Å². The zero-order valence-corrected chi connectivity index (χ0v) is 12.5. The van der Waals surface area contributed by atoms with Gasteiger partial charge in [-0.15, -0.1) is 0 Å². The molecule has 1 unspecified atom stereocenters. The van der Waals surface area contributed by atoms with Crippen LogP contribution in [-0.2, 0) is 20.0 Å². The number of benzene rings is 1. The van der Waals surface area contributed by atoms with E-state index >= 15 is 0 Å². The molecule has 2 rings (SSSR count). The molecule has 4 heteroatoms. The predicted molar refractivity (Wildman–Crippen MR) is 82.7 cm³/mol. The Morgan fingerprint density at radius 3 is 2.62 bits per heavy atom. The normalized spacial score (nSPS) is 12.1. The van der Waals surface area contributed by atoms with E-state index in [-0.39, 0.29) is 12.6 Å². The molecule has 0 bridgehead atoms. The smallest absolute Gasteiger partial charge is 0.120 e. The van der Waals surface area contributed by atoms with Crippen LogP contribution in [0.4, 0.5) is 0 Å². The SMILES string of the molecule is Cc1c(CNC(CO)Cc2ccccc2)cc(C#N)n1C. The Morgan fingerprint density at radius 2 is 2.05 bits per heavy atom. The summed E-state index contributed by atoms with van der Waals surface area (Å²) in [6.07, 6.45) is 0.786. The van der Waals surface area contributed by atoms with E-state index in [4.69, 9.17) is 5.26 Å². The third-order valence-electron chi connectivity index (χ3n) is 3.88. The first-order valence-corrected chi connectivity index (χ1v) is 7.09. The number of aliphatic hydroxyl groups is 1. The highest BCUT2D eigenvalue weighted by Gasteiger charge is 2.12. The largest absolute Gasteiger partial charge is 0.395 e. The number of nitriles is 1. The monoisotopic (exact) mass is 283 g/mol. The third-order valence-corrected chi connectivity index (χ3v) is 3.88. The van der Waals surface area contributed by atoms with Crippen molar-refractivity contribution in [3.8, 4) is 6.07 Å². The summed E-state index contributed by atoms with van der Waals surface area (Å²) in [7, 11) is 1.89. The van der Waals surface area contributed by atoms with Gasteiger partial charge >= 0.3 is 0 Å². The molecule has 0 saturated carbocycles. The van der Waals surface area contributed by atoms with Gasteiger partial charge in [-0.3, -0.25) is 0 Å². The first-order chi connectivity index (χ1) is 10.2. The van der Waals surface area contributed by atoms with Crippen molar-refractivity contribution >= 4 is 0 Å². The standard InChI is InChI=1S/C17H21N3O/c1-13-15(9-17(10-18)20(13)2)11-19-16(12-21)8-14-6-4-3-5-7-14/h3-7,9,16,19,21H,8,11-12H2,1-2H3. The fourth-order valence-electron chi connectivity index (χ4n) is 2.40. The molecule has 110 valence electrons. The maximum absolute atomic E-state index is 9.52. The van der Waals surface area contributed by atoms with Gasteiger partial charge in [-0.05, 0) is 30.5 Å². The van der Waals surface area contributed by atoms with Gasteiger partial charge in [-0.25, -0.2) is 0 Å². The Morgan fingerprint density at radius 1 is 1.33 bits per heavy atom. The molecular weight excluding hydrogens is 262 g/mol.